The number of hydrogen-bond acceptors (Lipinski definition) is 6. The second-order valence-corrected chi connectivity index (χ2v) is 3.41. The monoisotopic (exact) mass is 182 g/mol. The van der Waals surface area contributed by atoms with E-state index in [1.807, 2.05) is 0 Å². The molecule has 0 spiro atoms. The molecule has 0 fully saturated rings. The molecule has 6 heteroatoms. The molecule has 0 aliphatic carbocycles. The van der Waals surface area contributed by atoms with Crippen molar-refractivity contribution in [1.29, 1.82) is 0 Å². The molecule has 0 aliphatic rings. The van der Waals surface area contributed by atoms with E-state index in [2.05, 4.69) is 20.6 Å². The number of carbonyl (C=O) groups is 1. The van der Waals surface area contributed by atoms with Gasteiger partial charge in [0.05, 0.1) is 6.20 Å². The predicted octanol–water partition coefficient (Wildman–Crippen LogP) is 0.222. The minimum atomic E-state index is -0.546. The van der Waals surface area contributed by atoms with E-state index in [0.717, 1.165) is 0 Å². The average Bonchev–Trinajstić information content (AvgIpc) is 2.03. The fourth-order valence-corrected chi connectivity index (χ4v) is 0.622. The summed E-state index contributed by atoms with van der Waals surface area (Å²) >= 11 is 0. The van der Waals surface area contributed by atoms with Crippen molar-refractivity contribution in [2.45, 2.75) is 26.4 Å². The standard InChI is InChI=1S/C7H10N4O2/c1-7(2,3)13-6(12)5-4-8-10-11-9-5/h4H,1-3H3. The topological polar surface area (TPSA) is 77.9 Å². The van der Waals surface area contributed by atoms with E-state index >= 15 is 0 Å². The number of esters is 1. The van der Waals surface area contributed by atoms with Crippen LogP contribution in [-0.4, -0.2) is 32.2 Å². The van der Waals surface area contributed by atoms with Crippen LogP contribution in [0, 0.1) is 0 Å². The van der Waals surface area contributed by atoms with Crippen LogP contribution < -0.4 is 0 Å². The molecule has 0 aromatic carbocycles. The maximum Gasteiger partial charge on any atom is 0.361 e. The van der Waals surface area contributed by atoms with Crippen LogP contribution in [-0.2, 0) is 4.74 Å². The Kier molecular flexibility index (Phi) is 2.50. The van der Waals surface area contributed by atoms with E-state index in [9.17, 15) is 4.79 Å². The zero-order valence-corrected chi connectivity index (χ0v) is 7.68. The lowest BCUT2D eigenvalue weighted by Crippen LogP contribution is -2.24. The van der Waals surface area contributed by atoms with Crippen LogP contribution in [0.25, 0.3) is 0 Å². The van der Waals surface area contributed by atoms with Crippen molar-refractivity contribution in [1.82, 2.24) is 20.6 Å². The van der Waals surface area contributed by atoms with Gasteiger partial charge in [-0.05, 0) is 31.2 Å². The maximum atomic E-state index is 11.3. The molecule has 0 N–H and O–H groups in total. The first kappa shape index (κ1) is 9.50. The Labute approximate surface area is 75.3 Å². The summed E-state index contributed by atoms with van der Waals surface area (Å²) in [6.07, 6.45) is 1.21. The Morgan fingerprint density at radius 2 is 2.08 bits per heavy atom. The van der Waals surface area contributed by atoms with Crippen molar-refractivity contribution in [2.75, 3.05) is 0 Å². The molecule has 1 heterocycles. The van der Waals surface area contributed by atoms with Gasteiger partial charge in [0.15, 0.2) is 5.69 Å². The first-order valence-corrected chi connectivity index (χ1v) is 3.73. The van der Waals surface area contributed by atoms with Crippen molar-refractivity contribution >= 4 is 5.97 Å². The minimum Gasteiger partial charge on any atom is -0.455 e. The van der Waals surface area contributed by atoms with E-state index in [1.54, 1.807) is 20.8 Å². The van der Waals surface area contributed by atoms with Crippen molar-refractivity contribution in [2.24, 2.45) is 0 Å². The van der Waals surface area contributed by atoms with Crippen LogP contribution >= 0.6 is 0 Å². The van der Waals surface area contributed by atoms with E-state index in [0.29, 0.717) is 0 Å². The molecule has 0 radical (unpaired) electrons. The highest BCUT2D eigenvalue weighted by Crippen LogP contribution is 2.09. The van der Waals surface area contributed by atoms with E-state index in [4.69, 9.17) is 4.74 Å². The Morgan fingerprint density at radius 1 is 1.38 bits per heavy atom. The molecule has 0 amide bonds. The summed E-state index contributed by atoms with van der Waals surface area (Å²) in [5.41, 5.74) is -0.480. The Morgan fingerprint density at radius 3 is 2.54 bits per heavy atom. The van der Waals surface area contributed by atoms with E-state index < -0.39 is 11.6 Å². The number of ether oxygens (including phenoxy) is 1. The molecule has 0 saturated carbocycles. The SMILES string of the molecule is CC(C)(C)OC(=O)c1cnnnn1. The first-order chi connectivity index (χ1) is 5.99. The van der Waals surface area contributed by atoms with Gasteiger partial charge in [0, 0.05) is 0 Å². The summed E-state index contributed by atoms with van der Waals surface area (Å²) in [6, 6.07) is 0. The van der Waals surface area contributed by atoms with Gasteiger partial charge in [0.2, 0.25) is 0 Å². The third-order valence-electron chi connectivity index (χ3n) is 1.03. The van der Waals surface area contributed by atoms with Crippen molar-refractivity contribution in [3.8, 4) is 0 Å². The quantitative estimate of drug-likeness (QED) is 0.578. The van der Waals surface area contributed by atoms with Crippen LogP contribution in [0.2, 0.25) is 0 Å². The third kappa shape index (κ3) is 3.10. The number of hydrogen-bond donors (Lipinski definition) is 0. The van der Waals surface area contributed by atoms with Gasteiger partial charge in [-0.15, -0.1) is 10.2 Å². The molecule has 13 heavy (non-hydrogen) atoms. The highest BCUT2D eigenvalue weighted by atomic mass is 16.6. The van der Waals surface area contributed by atoms with Crippen molar-refractivity contribution in [3.63, 3.8) is 0 Å². The van der Waals surface area contributed by atoms with Crippen molar-refractivity contribution < 1.29 is 9.53 Å². The van der Waals surface area contributed by atoms with Crippen LogP contribution in [0.1, 0.15) is 31.3 Å². The molecule has 0 bridgehead atoms. The average molecular weight is 182 g/mol. The summed E-state index contributed by atoms with van der Waals surface area (Å²) in [5, 5.41) is 13.3. The van der Waals surface area contributed by atoms with Gasteiger partial charge in [-0.3, -0.25) is 0 Å². The van der Waals surface area contributed by atoms with Gasteiger partial charge in [0.25, 0.3) is 0 Å². The van der Waals surface area contributed by atoms with E-state index in [1.165, 1.54) is 6.20 Å². The van der Waals surface area contributed by atoms with Gasteiger partial charge in [-0.25, -0.2) is 4.79 Å². The fraction of sp³-hybridized carbons (Fsp3) is 0.571. The van der Waals surface area contributed by atoms with Crippen LogP contribution in [0.4, 0.5) is 0 Å². The molecule has 1 aromatic rings. The maximum absolute atomic E-state index is 11.3. The molecule has 0 saturated heterocycles. The summed E-state index contributed by atoms with van der Waals surface area (Å²) in [7, 11) is 0. The number of nitrogens with zero attached hydrogens (tertiary/aromatic N) is 4. The lowest BCUT2D eigenvalue weighted by molar-refractivity contribution is 0.00602. The normalized spacial score (nSPS) is 11.0. The summed E-state index contributed by atoms with van der Waals surface area (Å²) in [6.45, 7) is 5.31. The third-order valence-corrected chi connectivity index (χ3v) is 1.03. The zero-order chi connectivity index (χ0) is 9.90. The van der Waals surface area contributed by atoms with Gasteiger partial charge in [0.1, 0.15) is 5.60 Å². The molecule has 70 valence electrons. The van der Waals surface area contributed by atoms with Crippen molar-refractivity contribution in [3.05, 3.63) is 11.9 Å². The van der Waals surface area contributed by atoms with Crippen LogP contribution in [0.15, 0.2) is 6.20 Å². The van der Waals surface area contributed by atoms with Crippen LogP contribution in [0.3, 0.4) is 0 Å². The Bertz CT molecular complexity index is 293. The molecule has 0 atom stereocenters. The minimum absolute atomic E-state index is 0.0601. The zero-order valence-electron chi connectivity index (χ0n) is 7.68. The molecule has 1 aromatic heterocycles. The number of carbonyl (C=O) groups excluding carboxylic acids is 1. The van der Waals surface area contributed by atoms with Gasteiger partial charge < -0.3 is 4.74 Å². The number of aromatic nitrogens is 4. The Balaban J connectivity index is 2.71. The van der Waals surface area contributed by atoms with Gasteiger partial charge >= 0.3 is 5.97 Å². The lowest BCUT2D eigenvalue weighted by atomic mass is 10.2. The molecule has 6 nitrogen and oxygen atoms in total. The lowest BCUT2D eigenvalue weighted by Gasteiger charge is -2.18. The largest absolute Gasteiger partial charge is 0.455 e. The molecule has 0 aliphatic heterocycles. The summed E-state index contributed by atoms with van der Waals surface area (Å²) < 4.78 is 5.01. The molecule has 0 unspecified atom stereocenters. The van der Waals surface area contributed by atoms with Gasteiger partial charge in [-0.1, -0.05) is 0 Å². The second-order valence-electron chi connectivity index (χ2n) is 3.41. The first-order valence-electron chi connectivity index (χ1n) is 3.73. The summed E-state index contributed by atoms with van der Waals surface area (Å²) in [4.78, 5) is 11.3. The molecular formula is C7H10N4O2. The fourth-order valence-electron chi connectivity index (χ4n) is 0.622. The van der Waals surface area contributed by atoms with Gasteiger partial charge in [-0.2, -0.15) is 0 Å². The van der Waals surface area contributed by atoms with E-state index in [-0.39, 0.29) is 5.69 Å². The van der Waals surface area contributed by atoms with Crippen LogP contribution in [0.5, 0.6) is 0 Å². The smallest absolute Gasteiger partial charge is 0.361 e. The summed E-state index contributed by atoms with van der Waals surface area (Å²) in [5.74, 6) is -0.546. The highest BCUT2D eigenvalue weighted by molar-refractivity contribution is 5.86. The second kappa shape index (κ2) is 3.42. The number of rotatable bonds is 1. The molecular weight excluding hydrogens is 172 g/mol. The Hall–Kier alpha value is -1.59. The predicted molar refractivity (Wildman–Crippen MR) is 42.8 cm³/mol. The molecule has 1 rings (SSSR count). The highest BCUT2D eigenvalue weighted by Gasteiger charge is 2.19.